The predicted molar refractivity (Wildman–Crippen MR) is 39.7 cm³/mol. The minimum atomic E-state index is 0.223. The molecule has 0 bridgehead atoms. The van der Waals surface area contributed by atoms with E-state index in [1.54, 1.807) is 0 Å². The fourth-order valence-corrected chi connectivity index (χ4v) is 1.18. The summed E-state index contributed by atoms with van der Waals surface area (Å²) in [5.41, 5.74) is 0. The van der Waals surface area contributed by atoms with Crippen LogP contribution in [0.2, 0.25) is 0 Å². The van der Waals surface area contributed by atoms with Crippen molar-refractivity contribution in [2.75, 3.05) is 19.6 Å². The van der Waals surface area contributed by atoms with Gasteiger partial charge in [0, 0.05) is 19.1 Å². The standard InChI is InChI=1S/C7H14N2O/c1-3-9-5-6(2)8-4-7(9)10/h6,8H,3-5H2,1-2H3. The van der Waals surface area contributed by atoms with Crippen LogP contribution in [0.3, 0.4) is 0 Å². The first-order valence-corrected chi connectivity index (χ1v) is 3.75. The molecular weight excluding hydrogens is 128 g/mol. The van der Waals surface area contributed by atoms with Crippen LogP contribution in [0.15, 0.2) is 0 Å². The van der Waals surface area contributed by atoms with Gasteiger partial charge in [0.05, 0.1) is 6.54 Å². The molecule has 1 fully saturated rings. The summed E-state index contributed by atoms with van der Waals surface area (Å²) in [5.74, 6) is 0.223. The van der Waals surface area contributed by atoms with Crippen molar-refractivity contribution in [2.24, 2.45) is 0 Å². The zero-order valence-corrected chi connectivity index (χ0v) is 6.55. The van der Waals surface area contributed by atoms with Crippen molar-refractivity contribution in [1.29, 1.82) is 0 Å². The number of nitrogens with zero attached hydrogens (tertiary/aromatic N) is 1. The quantitative estimate of drug-likeness (QED) is 0.551. The minimum absolute atomic E-state index is 0.223. The van der Waals surface area contributed by atoms with Gasteiger partial charge < -0.3 is 10.2 Å². The molecule has 0 aromatic rings. The molecule has 1 atom stereocenters. The van der Waals surface area contributed by atoms with Crippen molar-refractivity contribution in [2.45, 2.75) is 19.9 Å². The average molecular weight is 142 g/mol. The predicted octanol–water partition coefficient (Wildman–Crippen LogP) is -0.173. The smallest absolute Gasteiger partial charge is 0.236 e. The molecule has 0 saturated carbocycles. The molecule has 3 heteroatoms. The lowest BCUT2D eigenvalue weighted by molar-refractivity contribution is -0.132. The lowest BCUT2D eigenvalue weighted by atomic mass is 10.2. The number of amides is 1. The van der Waals surface area contributed by atoms with E-state index in [0.717, 1.165) is 13.1 Å². The Bertz CT molecular complexity index is 136. The van der Waals surface area contributed by atoms with Crippen molar-refractivity contribution in [3.8, 4) is 0 Å². The number of carbonyl (C=O) groups is 1. The van der Waals surface area contributed by atoms with Crippen LogP contribution in [-0.2, 0) is 4.79 Å². The molecule has 0 aliphatic carbocycles. The SMILES string of the molecule is CCN1CC(C)NCC1=O. The third-order valence-electron chi connectivity index (χ3n) is 1.83. The molecular formula is C7H14N2O. The van der Waals surface area contributed by atoms with Crippen molar-refractivity contribution < 1.29 is 4.79 Å². The number of hydrogen-bond acceptors (Lipinski definition) is 2. The summed E-state index contributed by atoms with van der Waals surface area (Å²) in [4.78, 5) is 12.9. The monoisotopic (exact) mass is 142 g/mol. The Hall–Kier alpha value is -0.570. The van der Waals surface area contributed by atoms with Gasteiger partial charge in [0.2, 0.25) is 5.91 Å². The average Bonchev–Trinajstić information content (AvgIpc) is 1.94. The highest BCUT2D eigenvalue weighted by atomic mass is 16.2. The maximum absolute atomic E-state index is 11.0. The third-order valence-corrected chi connectivity index (χ3v) is 1.83. The number of nitrogens with one attached hydrogen (secondary N) is 1. The summed E-state index contributed by atoms with van der Waals surface area (Å²) < 4.78 is 0. The second-order valence-corrected chi connectivity index (χ2v) is 2.71. The van der Waals surface area contributed by atoms with Crippen LogP contribution >= 0.6 is 0 Å². The van der Waals surface area contributed by atoms with E-state index in [-0.39, 0.29) is 5.91 Å². The third kappa shape index (κ3) is 1.48. The van der Waals surface area contributed by atoms with Crippen LogP contribution in [0.25, 0.3) is 0 Å². The van der Waals surface area contributed by atoms with Gasteiger partial charge in [-0.05, 0) is 13.8 Å². The molecule has 3 nitrogen and oxygen atoms in total. The fraction of sp³-hybridized carbons (Fsp3) is 0.857. The second-order valence-electron chi connectivity index (χ2n) is 2.71. The molecule has 1 heterocycles. The van der Waals surface area contributed by atoms with E-state index in [0.29, 0.717) is 12.6 Å². The van der Waals surface area contributed by atoms with Crippen LogP contribution in [0.5, 0.6) is 0 Å². The van der Waals surface area contributed by atoms with Crippen LogP contribution in [0.4, 0.5) is 0 Å². The van der Waals surface area contributed by atoms with E-state index >= 15 is 0 Å². The molecule has 58 valence electrons. The van der Waals surface area contributed by atoms with Gasteiger partial charge in [-0.1, -0.05) is 0 Å². The molecule has 1 unspecified atom stereocenters. The Morgan fingerprint density at radius 2 is 2.50 bits per heavy atom. The van der Waals surface area contributed by atoms with E-state index in [4.69, 9.17) is 0 Å². The number of likely N-dealkylation sites (N-methyl/N-ethyl adjacent to an activating group) is 1. The number of hydrogen-bond donors (Lipinski definition) is 1. The summed E-state index contributed by atoms with van der Waals surface area (Å²) in [6.45, 7) is 6.31. The lowest BCUT2D eigenvalue weighted by Crippen LogP contribution is -2.52. The van der Waals surface area contributed by atoms with Crippen LogP contribution < -0.4 is 5.32 Å². The zero-order chi connectivity index (χ0) is 7.56. The topological polar surface area (TPSA) is 32.3 Å². The fourth-order valence-electron chi connectivity index (χ4n) is 1.18. The van der Waals surface area contributed by atoms with Gasteiger partial charge in [-0.25, -0.2) is 0 Å². The Morgan fingerprint density at radius 1 is 1.80 bits per heavy atom. The molecule has 1 amide bonds. The van der Waals surface area contributed by atoms with Gasteiger partial charge in [-0.3, -0.25) is 4.79 Å². The Labute approximate surface area is 61.4 Å². The second kappa shape index (κ2) is 3.01. The van der Waals surface area contributed by atoms with Crippen LogP contribution in [0, 0.1) is 0 Å². The van der Waals surface area contributed by atoms with Gasteiger partial charge >= 0.3 is 0 Å². The normalized spacial score (nSPS) is 27.2. The van der Waals surface area contributed by atoms with Crippen molar-refractivity contribution >= 4 is 5.91 Å². The zero-order valence-electron chi connectivity index (χ0n) is 6.55. The largest absolute Gasteiger partial charge is 0.340 e. The minimum Gasteiger partial charge on any atom is -0.340 e. The maximum atomic E-state index is 11.0. The van der Waals surface area contributed by atoms with Gasteiger partial charge in [0.1, 0.15) is 0 Å². The Balaban J connectivity index is 2.45. The maximum Gasteiger partial charge on any atom is 0.236 e. The summed E-state index contributed by atoms with van der Waals surface area (Å²) >= 11 is 0. The van der Waals surface area contributed by atoms with E-state index in [2.05, 4.69) is 12.2 Å². The number of rotatable bonds is 1. The van der Waals surface area contributed by atoms with Crippen molar-refractivity contribution in [1.82, 2.24) is 10.2 Å². The first-order chi connectivity index (χ1) is 4.74. The van der Waals surface area contributed by atoms with E-state index in [9.17, 15) is 4.79 Å². The number of carbonyl (C=O) groups excluding carboxylic acids is 1. The highest BCUT2D eigenvalue weighted by Gasteiger charge is 2.19. The van der Waals surface area contributed by atoms with Crippen LogP contribution in [-0.4, -0.2) is 36.5 Å². The first-order valence-electron chi connectivity index (χ1n) is 3.75. The van der Waals surface area contributed by atoms with Crippen molar-refractivity contribution in [3.05, 3.63) is 0 Å². The molecule has 0 radical (unpaired) electrons. The molecule has 1 aliphatic rings. The molecule has 1 aliphatic heterocycles. The molecule has 0 aromatic carbocycles. The molecule has 10 heavy (non-hydrogen) atoms. The lowest BCUT2D eigenvalue weighted by Gasteiger charge is -2.30. The summed E-state index contributed by atoms with van der Waals surface area (Å²) in [6, 6.07) is 0.456. The molecule has 0 aromatic heterocycles. The van der Waals surface area contributed by atoms with E-state index in [1.807, 2.05) is 11.8 Å². The number of piperazine rings is 1. The van der Waals surface area contributed by atoms with Crippen LogP contribution in [0.1, 0.15) is 13.8 Å². The molecule has 0 spiro atoms. The Kier molecular flexibility index (Phi) is 2.27. The van der Waals surface area contributed by atoms with Crippen molar-refractivity contribution in [3.63, 3.8) is 0 Å². The van der Waals surface area contributed by atoms with Gasteiger partial charge in [-0.15, -0.1) is 0 Å². The molecule has 1 rings (SSSR count). The highest BCUT2D eigenvalue weighted by molar-refractivity contribution is 5.79. The van der Waals surface area contributed by atoms with Gasteiger partial charge in [-0.2, -0.15) is 0 Å². The van der Waals surface area contributed by atoms with E-state index in [1.165, 1.54) is 0 Å². The highest BCUT2D eigenvalue weighted by Crippen LogP contribution is 1.98. The van der Waals surface area contributed by atoms with Gasteiger partial charge in [0.15, 0.2) is 0 Å². The Morgan fingerprint density at radius 3 is 3.00 bits per heavy atom. The first kappa shape index (κ1) is 7.54. The summed E-state index contributed by atoms with van der Waals surface area (Å²) in [6.07, 6.45) is 0. The summed E-state index contributed by atoms with van der Waals surface area (Å²) in [7, 11) is 0. The van der Waals surface area contributed by atoms with E-state index < -0.39 is 0 Å². The summed E-state index contributed by atoms with van der Waals surface area (Å²) in [5, 5.41) is 3.10. The molecule has 1 N–H and O–H groups in total. The van der Waals surface area contributed by atoms with Gasteiger partial charge in [0.25, 0.3) is 0 Å². The molecule has 1 saturated heterocycles.